The highest BCUT2D eigenvalue weighted by Crippen LogP contribution is 2.28. The quantitative estimate of drug-likeness (QED) is 0.367. The van der Waals surface area contributed by atoms with E-state index in [9.17, 15) is 9.59 Å². The van der Waals surface area contributed by atoms with Gasteiger partial charge in [-0.15, -0.1) is 0 Å². The Morgan fingerprint density at radius 3 is 2.71 bits per heavy atom. The monoisotopic (exact) mass is 408 g/mol. The maximum atomic E-state index is 11.9. The van der Waals surface area contributed by atoms with E-state index in [1.54, 1.807) is 42.5 Å². The molecule has 0 fully saturated rings. The van der Waals surface area contributed by atoms with Crippen molar-refractivity contribution in [3.63, 3.8) is 0 Å². The van der Waals surface area contributed by atoms with Gasteiger partial charge in [-0.25, -0.2) is 9.59 Å². The van der Waals surface area contributed by atoms with Crippen LogP contribution in [0.5, 0.6) is 11.5 Å². The van der Waals surface area contributed by atoms with Crippen molar-refractivity contribution >= 4 is 44.5 Å². The molecule has 3 aromatic rings. The zero-order chi connectivity index (χ0) is 17.1. The Kier molecular flexibility index (Phi) is 4.87. The number of ether oxygens (including phenoxy) is 2. The first kappa shape index (κ1) is 16.5. The van der Waals surface area contributed by atoms with Gasteiger partial charge in [0.2, 0.25) is 0 Å². The van der Waals surface area contributed by atoms with Gasteiger partial charge < -0.3 is 13.9 Å². The predicted molar refractivity (Wildman–Crippen MR) is 92.8 cm³/mol. The highest BCUT2D eigenvalue weighted by molar-refractivity contribution is 9.10. The van der Waals surface area contributed by atoms with Crippen molar-refractivity contribution in [3.05, 3.63) is 68.4 Å². The largest absolute Gasteiger partial charge is 0.482 e. The van der Waals surface area contributed by atoms with E-state index in [0.717, 1.165) is 5.39 Å². The standard InChI is InChI=1S/C17H10BrClO5/c18-13-7-11(19)3-5-14(13)23-17(21)9-22-12-4-1-10-2-6-16(20)24-15(10)8-12/h1-8H,9H2. The Morgan fingerprint density at radius 1 is 1.12 bits per heavy atom. The second kappa shape index (κ2) is 7.07. The first-order valence-corrected chi connectivity index (χ1v) is 8.01. The molecule has 1 aromatic heterocycles. The van der Waals surface area contributed by atoms with E-state index in [0.29, 0.717) is 26.6 Å². The summed E-state index contributed by atoms with van der Waals surface area (Å²) in [5, 5.41) is 1.28. The first-order chi connectivity index (χ1) is 11.5. The van der Waals surface area contributed by atoms with Crippen molar-refractivity contribution in [1.82, 2.24) is 0 Å². The van der Waals surface area contributed by atoms with Gasteiger partial charge in [0.05, 0.1) is 4.47 Å². The maximum Gasteiger partial charge on any atom is 0.349 e. The highest BCUT2D eigenvalue weighted by atomic mass is 79.9. The summed E-state index contributed by atoms with van der Waals surface area (Å²) in [5.74, 6) is 0.161. The van der Waals surface area contributed by atoms with Gasteiger partial charge in [-0.1, -0.05) is 11.6 Å². The molecule has 0 unspecified atom stereocenters. The van der Waals surface area contributed by atoms with Crippen molar-refractivity contribution in [2.75, 3.05) is 6.61 Å². The van der Waals surface area contributed by atoms with Gasteiger partial charge in [0.1, 0.15) is 17.1 Å². The number of hydrogen-bond donors (Lipinski definition) is 0. The van der Waals surface area contributed by atoms with E-state index in [1.807, 2.05) is 0 Å². The molecule has 0 aliphatic heterocycles. The van der Waals surface area contributed by atoms with Crippen LogP contribution < -0.4 is 15.1 Å². The molecule has 0 radical (unpaired) electrons. The molecule has 122 valence electrons. The zero-order valence-electron chi connectivity index (χ0n) is 12.1. The van der Waals surface area contributed by atoms with Crippen molar-refractivity contribution < 1.29 is 18.7 Å². The number of carbonyl (C=O) groups excluding carboxylic acids is 1. The normalized spacial score (nSPS) is 10.6. The van der Waals surface area contributed by atoms with Crippen LogP contribution in [-0.4, -0.2) is 12.6 Å². The van der Waals surface area contributed by atoms with E-state index >= 15 is 0 Å². The molecule has 3 rings (SSSR count). The van der Waals surface area contributed by atoms with Crippen LogP contribution in [0.25, 0.3) is 11.0 Å². The number of rotatable bonds is 4. The third-order valence-corrected chi connectivity index (χ3v) is 3.92. The number of esters is 1. The summed E-state index contributed by atoms with van der Waals surface area (Å²) in [7, 11) is 0. The molecule has 5 nitrogen and oxygen atoms in total. The Morgan fingerprint density at radius 2 is 1.92 bits per heavy atom. The van der Waals surface area contributed by atoms with Crippen molar-refractivity contribution in [1.29, 1.82) is 0 Å². The lowest BCUT2D eigenvalue weighted by Crippen LogP contribution is -2.17. The molecule has 0 bridgehead atoms. The number of carbonyl (C=O) groups is 1. The van der Waals surface area contributed by atoms with Crippen LogP contribution in [0.15, 0.2) is 62.2 Å². The van der Waals surface area contributed by atoms with Crippen molar-refractivity contribution in [2.24, 2.45) is 0 Å². The summed E-state index contributed by atoms with van der Waals surface area (Å²) in [5.41, 5.74) is -0.0690. The van der Waals surface area contributed by atoms with Gasteiger partial charge in [0.25, 0.3) is 0 Å². The molecule has 1 heterocycles. The van der Waals surface area contributed by atoms with E-state index in [1.165, 1.54) is 6.07 Å². The molecular formula is C17H10BrClO5. The molecular weight excluding hydrogens is 400 g/mol. The fourth-order valence-electron chi connectivity index (χ4n) is 1.98. The number of halogens is 2. The average Bonchev–Trinajstić information content (AvgIpc) is 2.55. The van der Waals surface area contributed by atoms with Gasteiger partial charge in [0.15, 0.2) is 6.61 Å². The maximum absolute atomic E-state index is 11.9. The van der Waals surface area contributed by atoms with Crippen molar-refractivity contribution in [3.8, 4) is 11.5 Å². The van der Waals surface area contributed by atoms with Crippen LogP contribution in [0, 0.1) is 0 Å². The molecule has 2 aromatic carbocycles. The van der Waals surface area contributed by atoms with Gasteiger partial charge in [-0.2, -0.15) is 0 Å². The van der Waals surface area contributed by atoms with E-state index < -0.39 is 11.6 Å². The molecule has 0 saturated heterocycles. The predicted octanol–water partition coefficient (Wildman–Crippen LogP) is 4.19. The van der Waals surface area contributed by atoms with Crippen LogP contribution in [0.2, 0.25) is 5.02 Å². The summed E-state index contributed by atoms with van der Waals surface area (Å²) in [4.78, 5) is 23.1. The van der Waals surface area contributed by atoms with Gasteiger partial charge in [0, 0.05) is 22.5 Å². The SMILES string of the molecule is O=C(COc1ccc2ccc(=O)oc2c1)Oc1ccc(Cl)cc1Br. The second-order valence-corrected chi connectivity index (χ2v) is 6.08. The molecule has 7 heteroatoms. The number of hydrogen-bond acceptors (Lipinski definition) is 5. The summed E-state index contributed by atoms with van der Waals surface area (Å²) >= 11 is 9.09. The van der Waals surface area contributed by atoms with Crippen LogP contribution in [-0.2, 0) is 4.79 Å². The van der Waals surface area contributed by atoms with Crippen LogP contribution in [0.1, 0.15) is 0 Å². The lowest BCUT2D eigenvalue weighted by Gasteiger charge is -2.08. The molecule has 0 aliphatic rings. The Labute approximate surface area is 149 Å². The number of benzene rings is 2. The summed E-state index contributed by atoms with van der Waals surface area (Å²) in [6, 6.07) is 12.7. The fraction of sp³-hybridized carbons (Fsp3) is 0.0588. The average molecular weight is 410 g/mol. The Hall–Kier alpha value is -2.31. The lowest BCUT2D eigenvalue weighted by atomic mass is 10.2. The minimum Gasteiger partial charge on any atom is -0.482 e. The van der Waals surface area contributed by atoms with E-state index in [4.69, 9.17) is 25.5 Å². The van der Waals surface area contributed by atoms with E-state index in [-0.39, 0.29) is 6.61 Å². The van der Waals surface area contributed by atoms with Gasteiger partial charge >= 0.3 is 11.6 Å². The minimum absolute atomic E-state index is 0.294. The van der Waals surface area contributed by atoms with Gasteiger partial charge in [-0.05, 0) is 52.3 Å². The fourth-order valence-corrected chi connectivity index (χ4v) is 2.75. The Balaban J connectivity index is 1.66. The summed E-state index contributed by atoms with van der Waals surface area (Å²) in [6.07, 6.45) is 0. The first-order valence-electron chi connectivity index (χ1n) is 6.84. The molecule has 0 spiro atoms. The molecule has 0 amide bonds. The molecule has 0 N–H and O–H groups in total. The van der Waals surface area contributed by atoms with Crippen LogP contribution in [0.3, 0.4) is 0 Å². The third kappa shape index (κ3) is 3.96. The molecule has 24 heavy (non-hydrogen) atoms. The smallest absolute Gasteiger partial charge is 0.349 e. The molecule has 0 saturated carbocycles. The molecule has 0 aliphatic carbocycles. The zero-order valence-corrected chi connectivity index (χ0v) is 14.5. The third-order valence-electron chi connectivity index (χ3n) is 3.07. The minimum atomic E-state index is -0.576. The number of fused-ring (bicyclic) bond motifs is 1. The van der Waals surface area contributed by atoms with Crippen LogP contribution >= 0.6 is 27.5 Å². The van der Waals surface area contributed by atoms with E-state index in [2.05, 4.69) is 15.9 Å². The lowest BCUT2D eigenvalue weighted by molar-refractivity contribution is -0.136. The van der Waals surface area contributed by atoms with Gasteiger partial charge in [-0.3, -0.25) is 0 Å². The van der Waals surface area contributed by atoms with Crippen LogP contribution in [0.4, 0.5) is 0 Å². The second-order valence-electron chi connectivity index (χ2n) is 4.79. The Bertz CT molecular complexity index is 967. The molecule has 0 atom stereocenters. The highest BCUT2D eigenvalue weighted by Gasteiger charge is 2.10. The van der Waals surface area contributed by atoms with Crippen molar-refractivity contribution in [2.45, 2.75) is 0 Å². The summed E-state index contributed by atoms with van der Waals surface area (Å²) < 4.78 is 16.2. The topological polar surface area (TPSA) is 65.7 Å². The summed E-state index contributed by atoms with van der Waals surface area (Å²) in [6.45, 7) is -0.294.